The van der Waals surface area contributed by atoms with Crippen LogP contribution >= 0.6 is 15.9 Å². The first-order valence-corrected chi connectivity index (χ1v) is 8.25. The van der Waals surface area contributed by atoms with E-state index in [1.165, 1.54) is 44.9 Å². The van der Waals surface area contributed by atoms with Crippen LogP contribution < -0.4 is 10.1 Å². The predicted octanol–water partition coefficient (Wildman–Crippen LogP) is 4.53. The van der Waals surface area contributed by atoms with Crippen LogP contribution in [-0.2, 0) is 0 Å². The van der Waals surface area contributed by atoms with E-state index in [-0.39, 0.29) is 0 Å². The third-order valence-corrected chi connectivity index (χ3v) is 4.25. The molecule has 0 bridgehead atoms. The Morgan fingerprint density at radius 1 is 1.00 bits per heavy atom. The fourth-order valence-corrected chi connectivity index (χ4v) is 2.89. The normalized spacial score (nSPS) is 17.7. The zero-order valence-electron chi connectivity index (χ0n) is 11.5. The molecule has 1 fully saturated rings. The predicted molar refractivity (Wildman–Crippen MR) is 83.7 cm³/mol. The van der Waals surface area contributed by atoms with Gasteiger partial charge >= 0.3 is 0 Å². The molecule has 2 rings (SSSR count). The minimum absolute atomic E-state index is 0.703. The lowest BCUT2D eigenvalue weighted by molar-refractivity contribution is 0.293. The van der Waals surface area contributed by atoms with Crippen LogP contribution in [0.4, 0.5) is 0 Å². The first-order valence-electron chi connectivity index (χ1n) is 7.46. The highest BCUT2D eigenvalue weighted by molar-refractivity contribution is 9.10. The maximum atomic E-state index is 5.72. The molecule has 0 saturated heterocycles. The highest BCUT2D eigenvalue weighted by Crippen LogP contribution is 2.17. The third-order valence-electron chi connectivity index (χ3n) is 3.72. The molecule has 19 heavy (non-hydrogen) atoms. The molecule has 0 spiro atoms. The molecule has 106 valence electrons. The summed E-state index contributed by atoms with van der Waals surface area (Å²) >= 11 is 3.43. The molecule has 1 saturated carbocycles. The molecule has 2 nitrogen and oxygen atoms in total. The summed E-state index contributed by atoms with van der Waals surface area (Å²) in [5.41, 5.74) is 0. The van der Waals surface area contributed by atoms with E-state index in [1.807, 2.05) is 24.3 Å². The van der Waals surface area contributed by atoms with Crippen LogP contribution in [0.15, 0.2) is 28.7 Å². The average molecular weight is 326 g/mol. The number of hydrogen-bond acceptors (Lipinski definition) is 2. The molecular formula is C16H24BrNO. The smallest absolute Gasteiger partial charge is 0.119 e. The number of nitrogens with one attached hydrogen (secondary N) is 1. The topological polar surface area (TPSA) is 21.3 Å². The first-order chi connectivity index (χ1) is 9.34. The molecule has 1 aliphatic carbocycles. The monoisotopic (exact) mass is 325 g/mol. The van der Waals surface area contributed by atoms with E-state index < -0.39 is 0 Å². The molecule has 0 heterocycles. The van der Waals surface area contributed by atoms with Gasteiger partial charge in [0.15, 0.2) is 0 Å². The zero-order valence-corrected chi connectivity index (χ0v) is 13.1. The van der Waals surface area contributed by atoms with Crippen molar-refractivity contribution in [3.8, 4) is 5.75 Å². The van der Waals surface area contributed by atoms with Crippen LogP contribution in [0.5, 0.6) is 5.75 Å². The largest absolute Gasteiger partial charge is 0.492 e. The van der Waals surface area contributed by atoms with Gasteiger partial charge in [0.2, 0.25) is 0 Å². The van der Waals surface area contributed by atoms with Gasteiger partial charge in [-0.1, -0.05) is 48.0 Å². The lowest BCUT2D eigenvalue weighted by Crippen LogP contribution is -2.33. The summed E-state index contributed by atoms with van der Waals surface area (Å²) in [6.45, 7) is 1.69. The van der Waals surface area contributed by atoms with Crippen molar-refractivity contribution in [1.82, 2.24) is 5.32 Å². The second kappa shape index (κ2) is 8.60. The molecule has 3 heteroatoms. The van der Waals surface area contributed by atoms with Gasteiger partial charge in [-0.15, -0.1) is 0 Å². The van der Waals surface area contributed by atoms with Gasteiger partial charge < -0.3 is 10.1 Å². The van der Waals surface area contributed by atoms with E-state index in [0.717, 1.165) is 23.4 Å². The molecule has 1 aromatic rings. The number of ether oxygens (including phenoxy) is 1. The highest BCUT2D eigenvalue weighted by atomic mass is 79.9. The maximum absolute atomic E-state index is 5.72. The summed E-state index contributed by atoms with van der Waals surface area (Å²) in [5.74, 6) is 0.947. The number of halogens is 1. The average Bonchev–Trinajstić information content (AvgIpc) is 2.38. The van der Waals surface area contributed by atoms with Gasteiger partial charge in [0, 0.05) is 17.1 Å². The van der Waals surface area contributed by atoms with Gasteiger partial charge in [-0.05, 0) is 37.1 Å². The second-order valence-electron chi connectivity index (χ2n) is 5.30. The van der Waals surface area contributed by atoms with Gasteiger partial charge in [0.25, 0.3) is 0 Å². The summed E-state index contributed by atoms with van der Waals surface area (Å²) in [5, 5.41) is 3.64. The Balaban J connectivity index is 1.61. The highest BCUT2D eigenvalue weighted by Gasteiger charge is 2.10. The van der Waals surface area contributed by atoms with Gasteiger partial charge in [0.1, 0.15) is 12.4 Å². The SMILES string of the molecule is Brc1ccc(OCCNC2CCCCCCC2)cc1. The van der Waals surface area contributed by atoms with E-state index in [4.69, 9.17) is 4.74 Å². The van der Waals surface area contributed by atoms with Crippen LogP contribution in [0.3, 0.4) is 0 Å². The molecular weight excluding hydrogens is 302 g/mol. The molecule has 0 aromatic heterocycles. The van der Waals surface area contributed by atoms with Gasteiger partial charge in [-0.3, -0.25) is 0 Å². The Morgan fingerprint density at radius 3 is 2.32 bits per heavy atom. The molecule has 1 N–H and O–H groups in total. The van der Waals surface area contributed by atoms with Crippen molar-refractivity contribution in [2.75, 3.05) is 13.2 Å². The van der Waals surface area contributed by atoms with Crippen molar-refractivity contribution in [3.05, 3.63) is 28.7 Å². The van der Waals surface area contributed by atoms with Crippen molar-refractivity contribution < 1.29 is 4.74 Å². The van der Waals surface area contributed by atoms with E-state index in [9.17, 15) is 0 Å². The van der Waals surface area contributed by atoms with Gasteiger partial charge in [-0.25, -0.2) is 0 Å². The van der Waals surface area contributed by atoms with Crippen LogP contribution in [0, 0.1) is 0 Å². The molecule has 1 aromatic carbocycles. The van der Waals surface area contributed by atoms with Crippen LogP contribution in [-0.4, -0.2) is 19.2 Å². The standard InChI is InChI=1S/C16H24BrNO/c17-14-8-10-16(11-9-14)19-13-12-18-15-6-4-2-1-3-5-7-15/h8-11,15,18H,1-7,12-13H2. The molecule has 0 aliphatic heterocycles. The van der Waals surface area contributed by atoms with Gasteiger partial charge in [0.05, 0.1) is 0 Å². The Morgan fingerprint density at radius 2 is 1.63 bits per heavy atom. The minimum atomic E-state index is 0.703. The maximum Gasteiger partial charge on any atom is 0.119 e. The zero-order chi connectivity index (χ0) is 13.3. The second-order valence-corrected chi connectivity index (χ2v) is 6.21. The number of rotatable bonds is 5. The van der Waals surface area contributed by atoms with E-state index in [0.29, 0.717) is 6.04 Å². The van der Waals surface area contributed by atoms with Crippen molar-refractivity contribution >= 4 is 15.9 Å². The lowest BCUT2D eigenvalue weighted by Gasteiger charge is -2.21. The summed E-state index contributed by atoms with van der Waals surface area (Å²) in [7, 11) is 0. The third kappa shape index (κ3) is 5.96. The van der Waals surface area contributed by atoms with Crippen molar-refractivity contribution in [1.29, 1.82) is 0 Å². The van der Waals surface area contributed by atoms with E-state index >= 15 is 0 Å². The molecule has 1 aliphatic rings. The quantitative estimate of drug-likeness (QED) is 0.803. The first kappa shape index (κ1) is 14.9. The van der Waals surface area contributed by atoms with Crippen molar-refractivity contribution in [2.24, 2.45) is 0 Å². The molecule has 0 unspecified atom stereocenters. The van der Waals surface area contributed by atoms with E-state index in [1.54, 1.807) is 0 Å². The number of benzene rings is 1. The summed E-state index contributed by atoms with van der Waals surface area (Å²) in [6.07, 6.45) is 9.67. The van der Waals surface area contributed by atoms with E-state index in [2.05, 4.69) is 21.2 Å². The lowest BCUT2D eigenvalue weighted by atomic mass is 9.97. The van der Waals surface area contributed by atoms with Gasteiger partial charge in [-0.2, -0.15) is 0 Å². The summed E-state index contributed by atoms with van der Waals surface area (Å²) in [4.78, 5) is 0. The molecule has 0 amide bonds. The molecule has 0 radical (unpaired) electrons. The minimum Gasteiger partial charge on any atom is -0.492 e. The summed E-state index contributed by atoms with van der Waals surface area (Å²) < 4.78 is 6.81. The number of hydrogen-bond donors (Lipinski definition) is 1. The summed E-state index contributed by atoms with van der Waals surface area (Å²) in [6, 6.07) is 8.73. The Bertz CT molecular complexity index is 344. The van der Waals surface area contributed by atoms with Crippen LogP contribution in [0.1, 0.15) is 44.9 Å². The molecule has 0 atom stereocenters. The Kier molecular flexibility index (Phi) is 6.72. The van der Waals surface area contributed by atoms with Crippen molar-refractivity contribution in [2.45, 2.75) is 51.0 Å². The van der Waals surface area contributed by atoms with Crippen LogP contribution in [0.2, 0.25) is 0 Å². The Labute approximate surface area is 125 Å². The fourth-order valence-electron chi connectivity index (χ4n) is 2.62. The van der Waals surface area contributed by atoms with Crippen molar-refractivity contribution in [3.63, 3.8) is 0 Å². The van der Waals surface area contributed by atoms with Crippen LogP contribution in [0.25, 0.3) is 0 Å². The Hall–Kier alpha value is -0.540. The fraction of sp³-hybridized carbons (Fsp3) is 0.625.